The molecule has 0 amide bonds. The quantitative estimate of drug-likeness (QED) is 0.885. The van der Waals surface area contributed by atoms with Crippen LogP contribution >= 0.6 is 11.8 Å². The lowest BCUT2D eigenvalue weighted by atomic mass is 10.1. The summed E-state index contributed by atoms with van der Waals surface area (Å²) in [5.41, 5.74) is 0.624. The summed E-state index contributed by atoms with van der Waals surface area (Å²) >= 11 is 1.52. The van der Waals surface area contributed by atoms with Crippen molar-refractivity contribution in [2.45, 2.75) is 22.8 Å². The van der Waals surface area contributed by atoms with Gasteiger partial charge in [-0.2, -0.15) is 0 Å². The van der Waals surface area contributed by atoms with Crippen molar-refractivity contribution in [3.05, 3.63) is 59.9 Å². The monoisotopic (exact) mass is 248 g/mol. The predicted octanol–water partition coefficient (Wildman–Crippen LogP) is 4.03. The molecule has 0 unspecified atom stereocenters. The Kier molecular flexibility index (Phi) is 3.82. The van der Waals surface area contributed by atoms with Crippen molar-refractivity contribution in [2.75, 3.05) is 0 Å². The average molecular weight is 248 g/mol. The number of halogens is 1. The molecule has 17 heavy (non-hydrogen) atoms. The molecule has 0 aromatic heterocycles. The lowest BCUT2D eigenvalue weighted by molar-refractivity contribution is 0.196. The van der Waals surface area contributed by atoms with Crippen LogP contribution < -0.4 is 0 Å². The van der Waals surface area contributed by atoms with Crippen LogP contribution in [0.5, 0.6) is 0 Å². The fourth-order valence-corrected chi connectivity index (χ4v) is 2.58. The minimum atomic E-state index is -0.670. The number of hydrogen-bond acceptors (Lipinski definition) is 2. The Morgan fingerprint density at radius 2 is 1.82 bits per heavy atom. The van der Waals surface area contributed by atoms with Crippen molar-refractivity contribution in [1.29, 1.82) is 0 Å². The molecule has 1 nitrogen and oxygen atoms in total. The second-order valence-electron chi connectivity index (χ2n) is 3.77. The van der Waals surface area contributed by atoms with E-state index >= 15 is 0 Å². The number of aliphatic hydroxyl groups excluding tert-OH is 1. The third-order valence-corrected chi connectivity index (χ3v) is 3.49. The number of benzene rings is 2. The molecule has 88 valence electrons. The molecule has 2 rings (SSSR count). The van der Waals surface area contributed by atoms with Gasteiger partial charge in [0.25, 0.3) is 0 Å². The van der Waals surface area contributed by atoms with Crippen LogP contribution in [0, 0.1) is 5.82 Å². The van der Waals surface area contributed by atoms with E-state index in [9.17, 15) is 9.50 Å². The maximum absolute atomic E-state index is 13.1. The minimum absolute atomic E-state index is 0.321. The highest BCUT2D eigenvalue weighted by atomic mass is 32.2. The number of aliphatic hydroxyl groups is 1. The van der Waals surface area contributed by atoms with Crippen LogP contribution in [0.1, 0.15) is 18.6 Å². The Bertz CT molecular complexity index is 497. The summed E-state index contributed by atoms with van der Waals surface area (Å²) in [4.78, 5) is 1.95. The second kappa shape index (κ2) is 5.34. The molecule has 0 bridgehead atoms. The van der Waals surface area contributed by atoms with Crippen LogP contribution in [0.3, 0.4) is 0 Å². The van der Waals surface area contributed by atoms with Gasteiger partial charge in [0.2, 0.25) is 0 Å². The Hall–Kier alpha value is -1.32. The second-order valence-corrected chi connectivity index (χ2v) is 4.89. The van der Waals surface area contributed by atoms with Crippen molar-refractivity contribution < 1.29 is 9.50 Å². The lowest BCUT2D eigenvalue weighted by Crippen LogP contribution is -1.95. The Morgan fingerprint density at radius 1 is 1.12 bits per heavy atom. The van der Waals surface area contributed by atoms with Crippen LogP contribution in [0.4, 0.5) is 4.39 Å². The van der Waals surface area contributed by atoms with Crippen molar-refractivity contribution in [2.24, 2.45) is 0 Å². The molecule has 0 fully saturated rings. The standard InChI is InChI=1S/C14H13FOS/c1-10(16)13-9-11(15)7-8-14(13)17-12-5-3-2-4-6-12/h2-10,16H,1H3/t10-/m0/s1. The molecule has 0 heterocycles. The van der Waals surface area contributed by atoms with Crippen molar-refractivity contribution >= 4 is 11.8 Å². The van der Waals surface area contributed by atoms with Crippen LogP contribution in [0.25, 0.3) is 0 Å². The summed E-state index contributed by atoms with van der Waals surface area (Å²) in [7, 11) is 0. The van der Waals surface area contributed by atoms with Crippen LogP contribution in [0.2, 0.25) is 0 Å². The van der Waals surface area contributed by atoms with E-state index in [2.05, 4.69) is 0 Å². The van der Waals surface area contributed by atoms with E-state index < -0.39 is 6.10 Å². The average Bonchev–Trinajstić information content (AvgIpc) is 2.32. The topological polar surface area (TPSA) is 20.2 Å². The molecule has 0 radical (unpaired) electrons. The van der Waals surface area contributed by atoms with Crippen LogP contribution in [-0.2, 0) is 0 Å². The van der Waals surface area contributed by atoms with Gasteiger partial charge in [0, 0.05) is 9.79 Å². The Balaban J connectivity index is 2.33. The van der Waals surface area contributed by atoms with Gasteiger partial charge in [-0.25, -0.2) is 4.39 Å². The molecule has 1 atom stereocenters. The van der Waals surface area contributed by atoms with E-state index in [-0.39, 0.29) is 5.82 Å². The van der Waals surface area contributed by atoms with Gasteiger partial charge in [0.05, 0.1) is 6.10 Å². The molecule has 2 aromatic carbocycles. The van der Waals surface area contributed by atoms with Crippen LogP contribution in [-0.4, -0.2) is 5.11 Å². The first kappa shape index (κ1) is 12.1. The maximum atomic E-state index is 13.1. The van der Waals surface area contributed by atoms with Crippen molar-refractivity contribution in [3.8, 4) is 0 Å². The molecule has 0 aliphatic rings. The SMILES string of the molecule is C[C@H](O)c1cc(F)ccc1Sc1ccccc1. The molecular formula is C14H13FOS. The van der Waals surface area contributed by atoms with E-state index in [1.807, 2.05) is 30.3 Å². The minimum Gasteiger partial charge on any atom is -0.389 e. The van der Waals surface area contributed by atoms with Gasteiger partial charge < -0.3 is 5.11 Å². The fraction of sp³-hybridized carbons (Fsp3) is 0.143. The first-order chi connectivity index (χ1) is 8.16. The van der Waals surface area contributed by atoms with Gasteiger partial charge in [0.1, 0.15) is 5.82 Å². The lowest BCUT2D eigenvalue weighted by Gasteiger charge is -2.11. The van der Waals surface area contributed by atoms with E-state index in [0.29, 0.717) is 5.56 Å². The summed E-state index contributed by atoms with van der Waals surface area (Å²) in [5.74, 6) is -0.321. The molecule has 3 heteroatoms. The highest BCUT2D eigenvalue weighted by molar-refractivity contribution is 7.99. The van der Waals surface area contributed by atoms with Crippen molar-refractivity contribution in [1.82, 2.24) is 0 Å². The zero-order chi connectivity index (χ0) is 12.3. The molecule has 0 saturated heterocycles. The summed E-state index contributed by atoms with van der Waals surface area (Å²) < 4.78 is 13.1. The third kappa shape index (κ3) is 3.08. The van der Waals surface area contributed by atoms with Gasteiger partial charge >= 0.3 is 0 Å². The summed E-state index contributed by atoms with van der Waals surface area (Å²) in [6.45, 7) is 1.64. The third-order valence-electron chi connectivity index (χ3n) is 2.39. The molecular weight excluding hydrogens is 235 g/mol. The van der Waals surface area contributed by atoms with Crippen LogP contribution in [0.15, 0.2) is 58.3 Å². The van der Waals surface area contributed by atoms with Gasteiger partial charge in [0.15, 0.2) is 0 Å². The maximum Gasteiger partial charge on any atom is 0.123 e. The first-order valence-corrected chi connectivity index (χ1v) is 6.19. The zero-order valence-corrected chi connectivity index (χ0v) is 10.2. The number of hydrogen-bond donors (Lipinski definition) is 1. The molecule has 2 aromatic rings. The molecule has 0 aliphatic carbocycles. The first-order valence-electron chi connectivity index (χ1n) is 5.37. The molecule has 1 N–H and O–H groups in total. The van der Waals surface area contributed by atoms with E-state index in [0.717, 1.165) is 9.79 Å². The summed E-state index contributed by atoms with van der Waals surface area (Å²) in [5, 5.41) is 9.63. The Labute approximate surface area is 104 Å². The van der Waals surface area contributed by atoms with Gasteiger partial charge in [-0.1, -0.05) is 30.0 Å². The normalized spacial score (nSPS) is 12.4. The van der Waals surface area contributed by atoms with E-state index in [4.69, 9.17) is 0 Å². The molecule has 0 aliphatic heterocycles. The molecule has 0 spiro atoms. The van der Waals surface area contributed by atoms with Gasteiger partial charge in [-0.05, 0) is 42.8 Å². The van der Waals surface area contributed by atoms with E-state index in [1.54, 1.807) is 13.0 Å². The van der Waals surface area contributed by atoms with Gasteiger partial charge in [-0.15, -0.1) is 0 Å². The Morgan fingerprint density at radius 3 is 2.47 bits per heavy atom. The predicted molar refractivity (Wildman–Crippen MR) is 67.6 cm³/mol. The fourth-order valence-electron chi connectivity index (χ4n) is 1.55. The largest absolute Gasteiger partial charge is 0.389 e. The van der Waals surface area contributed by atoms with E-state index in [1.165, 1.54) is 23.9 Å². The smallest absolute Gasteiger partial charge is 0.123 e. The summed E-state index contributed by atoms with van der Waals surface area (Å²) in [6, 6.07) is 14.3. The molecule has 0 saturated carbocycles. The number of rotatable bonds is 3. The zero-order valence-electron chi connectivity index (χ0n) is 9.43. The summed E-state index contributed by atoms with van der Waals surface area (Å²) in [6.07, 6.45) is -0.670. The van der Waals surface area contributed by atoms with Crippen molar-refractivity contribution in [3.63, 3.8) is 0 Å². The van der Waals surface area contributed by atoms with Gasteiger partial charge in [-0.3, -0.25) is 0 Å². The highest BCUT2D eigenvalue weighted by Crippen LogP contribution is 2.33. The highest BCUT2D eigenvalue weighted by Gasteiger charge is 2.10.